The number of carbonyl (C=O) groups excluding carboxylic acids is 3. The number of unbranched alkanes of at least 4 members (excludes halogenated alkanes) is 33. The van der Waals surface area contributed by atoms with Crippen molar-refractivity contribution in [3.8, 4) is 0 Å². The molecule has 368 valence electrons. The highest BCUT2D eigenvalue weighted by Crippen LogP contribution is 2.16. The van der Waals surface area contributed by atoms with Gasteiger partial charge in [-0.25, -0.2) is 0 Å². The summed E-state index contributed by atoms with van der Waals surface area (Å²) >= 11 is 0. The number of ether oxygens (including phenoxy) is 3. The first-order valence-corrected chi connectivity index (χ1v) is 27.5. The summed E-state index contributed by atoms with van der Waals surface area (Å²) in [6.45, 7) is 6.59. The quantitative estimate of drug-likeness (QED) is 0.0262. The van der Waals surface area contributed by atoms with Crippen molar-refractivity contribution in [3.05, 3.63) is 36.5 Å². The monoisotopic (exact) mass is 885 g/mol. The summed E-state index contributed by atoms with van der Waals surface area (Å²) in [5.41, 5.74) is 0. The minimum absolute atomic E-state index is 0.0959. The van der Waals surface area contributed by atoms with Gasteiger partial charge in [-0.1, -0.05) is 243 Å². The predicted molar refractivity (Wildman–Crippen MR) is 270 cm³/mol. The van der Waals surface area contributed by atoms with E-state index in [1.165, 1.54) is 180 Å². The largest absolute Gasteiger partial charge is 0.462 e. The van der Waals surface area contributed by atoms with Crippen LogP contribution in [0.15, 0.2) is 36.5 Å². The van der Waals surface area contributed by atoms with Crippen molar-refractivity contribution in [1.29, 1.82) is 0 Å². The first-order chi connectivity index (χ1) is 31.0. The third-order valence-corrected chi connectivity index (χ3v) is 12.1. The minimum Gasteiger partial charge on any atom is -0.462 e. The second-order valence-electron chi connectivity index (χ2n) is 18.5. The summed E-state index contributed by atoms with van der Waals surface area (Å²) in [6.07, 6.45) is 61.5. The lowest BCUT2D eigenvalue weighted by molar-refractivity contribution is -0.166. The Kier molecular flexibility index (Phi) is 50.3. The third kappa shape index (κ3) is 50.5. The molecule has 0 heterocycles. The van der Waals surface area contributed by atoms with Crippen molar-refractivity contribution in [1.82, 2.24) is 0 Å². The van der Waals surface area contributed by atoms with Crippen LogP contribution in [-0.4, -0.2) is 37.2 Å². The van der Waals surface area contributed by atoms with Gasteiger partial charge in [0.05, 0.1) is 0 Å². The molecule has 0 radical (unpaired) electrons. The van der Waals surface area contributed by atoms with E-state index in [4.69, 9.17) is 14.2 Å². The van der Waals surface area contributed by atoms with Crippen LogP contribution < -0.4 is 0 Å². The Hall–Kier alpha value is -2.37. The van der Waals surface area contributed by atoms with E-state index < -0.39 is 6.10 Å². The molecule has 0 aromatic heterocycles. The van der Waals surface area contributed by atoms with Gasteiger partial charge in [0.2, 0.25) is 0 Å². The Morgan fingerprint density at radius 1 is 0.317 bits per heavy atom. The van der Waals surface area contributed by atoms with Crippen LogP contribution in [0.25, 0.3) is 0 Å². The molecular weight excluding hydrogens is 781 g/mol. The van der Waals surface area contributed by atoms with Crippen molar-refractivity contribution in [3.63, 3.8) is 0 Å². The zero-order chi connectivity index (χ0) is 45.8. The van der Waals surface area contributed by atoms with Crippen LogP contribution in [0.3, 0.4) is 0 Å². The maximum Gasteiger partial charge on any atom is 0.306 e. The van der Waals surface area contributed by atoms with Crippen molar-refractivity contribution in [2.24, 2.45) is 0 Å². The number of hydrogen-bond donors (Lipinski definition) is 0. The lowest BCUT2D eigenvalue weighted by Gasteiger charge is -2.18. The fourth-order valence-corrected chi connectivity index (χ4v) is 7.96. The van der Waals surface area contributed by atoms with Crippen molar-refractivity contribution < 1.29 is 28.6 Å². The van der Waals surface area contributed by atoms with Crippen LogP contribution in [0, 0.1) is 0 Å². The number of rotatable bonds is 50. The van der Waals surface area contributed by atoms with Gasteiger partial charge in [0.25, 0.3) is 0 Å². The fraction of sp³-hybridized carbons (Fsp3) is 0.842. The molecule has 0 saturated carbocycles. The van der Waals surface area contributed by atoms with Gasteiger partial charge < -0.3 is 14.2 Å². The average Bonchev–Trinajstić information content (AvgIpc) is 3.28. The highest BCUT2D eigenvalue weighted by atomic mass is 16.6. The molecule has 0 bridgehead atoms. The van der Waals surface area contributed by atoms with Crippen LogP contribution in [0.2, 0.25) is 0 Å². The van der Waals surface area contributed by atoms with Gasteiger partial charge in [0, 0.05) is 19.3 Å². The Morgan fingerprint density at radius 2 is 0.603 bits per heavy atom. The van der Waals surface area contributed by atoms with Gasteiger partial charge in [-0.05, 0) is 64.2 Å². The second-order valence-corrected chi connectivity index (χ2v) is 18.5. The van der Waals surface area contributed by atoms with E-state index in [1.807, 2.05) is 6.08 Å². The van der Waals surface area contributed by atoms with E-state index >= 15 is 0 Å². The minimum atomic E-state index is -0.804. The van der Waals surface area contributed by atoms with E-state index in [0.29, 0.717) is 19.3 Å². The van der Waals surface area contributed by atoms with Crippen molar-refractivity contribution in [2.45, 2.75) is 297 Å². The van der Waals surface area contributed by atoms with Crippen molar-refractivity contribution in [2.75, 3.05) is 13.2 Å². The number of esters is 3. The summed E-state index contributed by atoms with van der Waals surface area (Å²) in [5.74, 6) is -0.968. The molecule has 0 spiro atoms. The molecule has 6 heteroatoms. The zero-order valence-electron chi connectivity index (χ0n) is 42.1. The molecule has 0 aromatic carbocycles. The Balaban J connectivity index is 4.36. The predicted octanol–water partition coefficient (Wildman–Crippen LogP) is 18.1. The normalized spacial score (nSPS) is 12.2. The highest BCUT2D eigenvalue weighted by Gasteiger charge is 2.19. The van der Waals surface area contributed by atoms with Crippen LogP contribution >= 0.6 is 0 Å². The van der Waals surface area contributed by atoms with Gasteiger partial charge in [-0.15, -0.1) is 0 Å². The molecule has 0 N–H and O–H groups in total. The van der Waals surface area contributed by atoms with Crippen molar-refractivity contribution >= 4 is 17.9 Å². The van der Waals surface area contributed by atoms with Crippen LogP contribution in [0.1, 0.15) is 290 Å². The topological polar surface area (TPSA) is 78.9 Å². The summed E-state index contributed by atoms with van der Waals surface area (Å²) < 4.78 is 16.7. The SMILES string of the molecule is CCCCCCCC/C=C/C/C=C/CCC(=O)OC(COC(=O)CCCCC/C=C/CCCCCCCC)COC(=O)CCCCCCCCCCCCCCCCCCCCC. The Morgan fingerprint density at radius 3 is 0.968 bits per heavy atom. The van der Waals surface area contributed by atoms with E-state index in [-0.39, 0.29) is 37.5 Å². The molecule has 0 fully saturated rings. The molecule has 1 atom stereocenters. The maximum atomic E-state index is 12.8. The summed E-state index contributed by atoms with van der Waals surface area (Å²) in [4.78, 5) is 38.0. The van der Waals surface area contributed by atoms with E-state index in [2.05, 4.69) is 51.2 Å². The van der Waals surface area contributed by atoms with Crippen LogP contribution in [-0.2, 0) is 28.6 Å². The van der Waals surface area contributed by atoms with Gasteiger partial charge >= 0.3 is 17.9 Å². The first kappa shape index (κ1) is 60.6. The standard InChI is InChI=1S/C57H104O6/c1-4-7-10-13-16-19-22-25-26-27-28-29-30-33-35-38-41-44-47-50-56(59)62-53-54(63-57(60)51-48-45-42-39-36-32-24-21-18-15-12-9-6-3)52-61-55(58)49-46-43-40-37-34-31-23-20-17-14-11-8-5-2/h31-32,34,36,42,45,54H,4-30,33,35,37-41,43-44,46-53H2,1-3H3/b34-31+,36-32+,45-42+. The third-order valence-electron chi connectivity index (χ3n) is 12.1. The first-order valence-electron chi connectivity index (χ1n) is 27.5. The number of allylic oxidation sites excluding steroid dienone is 6. The summed E-state index contributed by atoms with van der Waals surface area (Å²) in [5, 5.41) is 0. The molecule has 0 aliphatic carbocycles. The van der Waals surface area contributed by atoms with Crippen LogP contribution in [0.5, 0.6) is 0 Å². The van der Waals surface area contributed by atoms with E-state index in [9.17, 15) is 14.4 Å². The molecule has 0 aliphatic rings. The van der Waals surface area contributed by atoms with E-state index in [1.54, 1.807) is 0 Å². The molecule has 0 rings (SSSR count). The van der Waals surface area contributed by atoms with E-state index in [0.717, 1.165) is 64.2 Å². The lowest BCUT2D eigenvalue weighted by atomic mass is 10.0. The van der Waals surface area contributed by atoms with Gasteiger partial charge in [0.15, 0.2) is 6.10 Å². The number of hydrogen-bond acceptors (Lipinski definition) is 6. The molecule has 0 amide bonds. The molecular formula is C57H104O6. The fourth-order valence-electron chi connectivity index (χ4n) is 7.96. The molecule has 6 nitrogen and oxygen atoms in total. The maximum absolute atomic E-state index is 12.8. The molecule has 1 unspecified atom stereocenters. The molecule has 0 aromatic rings. The smallest absolute Gasteiger partial charge is 0.306 e. The summed E-state index contributed by atoms with van der Waals surface area (Å²) in [6, 6.07) is 0. The molecule has 0 aliphatic heterocycles. The number of carbonyl (C=O) groups is 3. The Bertz CT molecular complexity index is 1060. The second kappa shape index (κ2) is 52.3. The zero-order valence-corrected chi connectivity index (χ0v) is 42.1. The van der Waals surface area contributed by atoms with Gasteiger partial charge in [-0.2, -0.15) is 0 Å². The van der Waals surface area contributed by atoms with Gasteiger partial charge in [0.1, 0.15) is 13.2 Å². The summed E-state index contributed by atoms with van der Waals surface area (Å²) in [7, 11) is 0. The highest BCUT2D eigenvalue weighted by molar-refractivity contribution is 5.71. The average molecular weight is 885 g/mol. The van der Waals surface area contributed by atoms with Gasteiger partial charge in [-0.3, -0.25) is 14.4 Å². The van der Waals surface area contributed by atoms with Crippen LogP contribution in [0.4, 0.5) is 0 Å². The lowest BCUT2D eigenvalue weighted by Crippen LogP contribution is -2.30. The molecule has 63 heavy (non-hydrogen) atoms. The Labute approximate surface area is 391 Å². The molecule has 0 saturated heterocycles.